The van der Waals surface area contributed by atoms with Gasteiger partial charge in [-0.2, -0.15) is 5.10 Å². The first-order valence-electron chi connectivity index (χ1n) is 10.3. The average molecular weight is 460 g/mol. The highest BCUT2D eigenvalue weighted by atomic mass is 32.2. The minimum absolute atomic E-state index is 0.110. The van der Waals surface area contributed by atoms with Gasteiger partial charge in [0.05, 0.1) is 12.0 Å². The van der Waals surface area contributed by atoms with Gasteiger partial charge in [0.25, 0.3) is 5.91 Å². The molecule has 4 rings (SSSR count). The van der Waals surface area contributed by atoms with E-state index in [2.05, 4.69) is 20.7 Å². The molecule has 4 aromatic rings. The summed E-state index contributed by atoms with van der Waals surface area (Å²) >= 11 is 1.27. The van der Waals surface area contributed by atoms with Crippen LogP contribution in [-0.4, -0.2) is 32.6 Å². The van der Waals surface area contributed by atoms with Gasteiger partial charge in [0.2, 0.25) is 0 Å². The standard InChI is InChI=1S/C25H22FN5OS/c1-17-3-9-20(10-4-17)24-29-30-25(31(24)22-13-5-18(2)6-14-22)33-16-23(32)28-27-15-19-7-11-21(26)12-8-19/h3-15H,16H2,1-2H3,(H,28,32)/b27-15-. The summed E-state index contributed by atoms with van der Waals surface area (Å²) in [6, 6.07) is 22.0. The molecule has 0 bridgehead atoms. The predicted octanol–water partition coefficient (Wildman–Crippen LogP) is 4.93. The summed E-state index contributed by atoms with van der Waals surface area (Å²) in [6.07, 6.45) is 1.46. The van der Waals surface area contributed by atoms with Gasteiger partial charge in [-0.15, -0.1) is 10.2 Å². The normalized spacial score (nSPS) is 11.1. The summed E-state index contributed by atoms with van der Waals surface area (Å²) in [6.45, 7) is 4.07. The molecule has 0 aliphatic heterocycles. The lowest BCUT2D eigenvalue weighted by atomic mass is 10.1. The van der Waals surface area contributed by atoms with Crippen molar-refractivity contribution >= 4 is 23.9 Å². The molecule has 166 valence electrons. The van der Waals surface area contributed by atoms with Crippen molar-refractivity contribution in [1.82, 2.24) is 20.2 Å². The maximum Gasteiger partial charge on any atom is 0.250 e. The minimum Gasteiger partial charge on any atom is -0.272 e. The summed E-state index contributed by atoms with van der Waals surface area (Å²) < 4.78 is 14.9. The molecule has 3 aromatic carbocycles. The van der Waals surface area contributed by atoms with E-state index >= 15 is 0 Å². The Morgan fingerprint density at radius 1 is 0.970 bits per heavy atom. The molecular weight excluding hydrogens is 437 g/mol. The van der Waals surface area contributed by atoms with Crippen molar-refractivity contribution in [2.45, 2.75) is 19.0 Å². The summed E-state index contributed by atoms with van der Waals surface area (Å²) in [7, 11) is 0. The van der Waals surface area contributed by atoms with Crippen LogP contribution in [0, 0.1) is 19.7 Å². The number of amides is 1. The van der Waals surface area contributed by atoms with Crippen LogP contribution in [0.4, 0.5) is 4.39 Å². The Bertz CT molecular complexity index is 1270. The number of nitrogens with one attached hydrogen (secondary N) is 1. The molecule has 6 nitrogen and oxygen atoms in total. The van der Waals surface area contributed by atoms with E-state index in [0.29, 0.717) is 16.5 Å². The Morgan fingerprint density at radius 3 is 2.27 bits per heavy atom. The van der Waals surface area contributed by atoms with Gasteiger partial charge >= 0.3 is 0 Å². The van der Waals surface area contributed by atoms with Gasteiger partial charge in [-0.3, -0.25) is 9.36 Å². The summed E-state index contributed by atoms with van der Waals surface area (Å²) in [5.74, 6) is 0.207. The molecule has 8 heteroatoms. The van der Waals surface area contributed by atoms with E-state index < -0.39 is 0 Å². The zero-order chi connectivity index (χ0) is 23.2. The second kappa shape index (κ2) is 10.2. The molecule has 1 aromatic heterocycles. The SMILES string of the molecule is Cc1ccc(-c2nnc(SCC(=O)N/N=C\c3ccc(F)cc3)n2-c2ccc(C)cc2)cc1. The van der Waals surface area contributed by atoms with E-state index in [1.165, 1.54) is 30.1 Å². The van der Waals surface area contributed by atoms with Crippen LogP contribution >= 0.6 is 11.8 Å². The van der Waals surface area contributed by atoms with Gasteiger partial charge in [0.15, 0.2) is 11.0 Å². The number of aryl methyl sites for hydroxylation is 2. The average Bonchev–Trinajstić information content (AvgIpc) is 3.24. The summed E-state index contributed by atoms with van der Waals surface area (Å²) in [5, 5.41) is 13.3. The number of carbonyl (C=O) groups is 1. The number of aromatic nitrogens is 3. The van der Waals surface area contributed by atoms with E-state index in [0.717, 1.165) is 22.4 Å². The van der Waals surface area contributed by atoms with E-state index in [9.17, 15) is 9.18 Å². The molecule has 0 spiro atoms. The molecule has 1 N–H and O–H groups in total. The van der Waals surface area contributed by atoms with Gasteiger partial charge in [0, 0.05) is 11.3 Å². The molecule has 0 radical (unpaired) electrons. The number of nitrogens with zero attached hydrogens (tertiary/aromatic N) is 4. The Balaban J connectivity index is 1.51. The van der Waals surface area contributed by atoms with Crippen LogP contribution < -0.4 is 5.43 Å². The fraction of sp³-hybridized carbons (Fsp3) is 0.120. The van der Waals surface area contributed by atoms with Gasteiger partial charge in [-0.25, -0.2) is 9.82 Å². The van der Waals surface area contributed by atoms with Crippen molar-refractivity contribution < 1.29 is 9.18 Å². The van der Waals surface area contributed by atoms with Gasteiger partial charge in [0.1, 0.15) is 5.82 Å². The fourth-order valence-corrected chi connectivity index (χ4v) is 3.81. The third-order valence-electron chi connectivity index (χ3n) is 4.84. The Labute approximate surface area is 195 Å². The number of rotatable bonds is 7. The maximum absolute atomic E-state index is 13.0. The number of thioether (sulfide) groups is 1. The molecule has 1 heterocycles. The smallest absolute Gasteiger partial charge is 0.250 e. The Hall–Kier alpha value is -3.78. The highest BCUT2D eigenvalue weighted by Gasteiger charge is 2.17. The first kappa shape index (κ1) is 22.4. The fourth-order valence-electron chi connectivity index (χ4n) is 3.07. The lowest BCUT2D eigenvalue weighted by Gasteiger charge is -2.11. The van der Waals surface area contributed by atoms with Gasteiger partial charge < -0.3 is 0 Å². The molecule has 33 heavy (non-hydrogen) atoms. The number of carbonyl (C=O) groups excluding carboxylic acids is 1. The molecule has 0 saturated carbocycles. The van der Waals surface area contributed by atoms with Gasteiger partial charge in [-0.1, -0.05) is 71.4 Å². The van der Waals surface area contributed by atoms with E-state index in [4.69, 9.17) is 0 Å². The summed E-state index contributed by atoms with van der Waals surface area (Å²) in [5.41, 5.74) is 7.34. The first-order valence-corrected chi connectivity index (χ1v) is 11.3. The molecule has 0 saturated heterocycles. The third kappa shape index (κ3) is 5.72. The predicted molar refractivity (Wildman–Crippen MR) is 129 cm³/mol. The lowest BCUT2D eigenvalue weighted by Crippen LogP contribution is -2.20. The highest BCUT2D eigenvalue weighted by molar-refractivity contribution is 7.99. The second-order valence-electron chi connectivity index (χ2n) is 7.48. The zero-order valence-corrected chi connectivity index (χ0v) is 19.0. The van der Waals surface area contributed by atoms with Crippen LogP contribution in [0.5, 0.6) is 0 Å². The number of hydrogen-bond donors (Lipinski definition) is 1. The van der Waals surface area contributed by atoms with Crippen molar-refractivity contribution in [3.05, 3.63) is 95.3 Å². The van der Waals surface area contributed by atoms with Crippen LogP contribution in [0.1, 0.15) is 16.7 Å². The zero-order valence-electron chi connectivity index (χ0n) is 18.2. The van der Waals surface area contributed by atoms with Crippen molar-refractivity contribution in [2.24, 2.45) is 5.10 Å². The van der Waals surface area contributed by atoms with E-state index in [1.54, 1.807) is 12.1 Å². The van der Waals surface area contributed by atoms with Crippen LogP contribution in [0.2, 0.25) is 0 Å². The molecular formula is C25H22FN5OS. The van der Waals surface area contributed by atoms with Crippen LogP contribution in [0.15, 0.2) is 83.1 Å². The topological polar surface area (TPSA) is 72.2 Å². The van der Waals surface area contributed by atoms with E-state index in [-0.39, 0.29) is 17.5 Å². The van der Waals surface area contributed by atoms with E-state index in [1.807, 2.05) is 66.9 Å². The van der Waals surface area contributed by atoms with Crippen LogP contribution in [-0.2, 0) is 4.79 Å². The van der Waals surface area contributed by atoms with Crippen LogP contribution in [0.3, 0.4) is 0 Å². The minimum atomic E-state index is -0.324. The molecule has 0 fully saturated rings. The van der Waals surface area contributed by atoms with Crippen molar-refractivity contribution in [2.75, 3.05) is 5.75 Å². The largest absolute Gasteiger partial charge is 0.272 e. The quantitative estimate of drug-likeness (QED) is 0.242. The molecule has 1 amide bonds. The van der Waals surface area contributed by atoms with Crippen molar-refractivity contribution in [3.8, 4) is 17.1 Å². The molecule has 0 aliphatic carbocycles. The Morgan fingerprint density at radius 2 is 1.61 bits per heavy atom. The van der Waals surface area contributed by atoms with Crippen molar-refractivity contribution in [3.63, 3.8) is 0 Å². The third-order valence-corrected chi connectivity index (χ3v) is 5.77. The van der Waals surface area contributed by atoms with Crippen LogP contribution in [0.25, 0.3) is 17.1 Å². The number of benzene rings is 3. The first-order chi connectivity index (χ1) is 16.0. The summed E-state index contributed by atoms with van der Waals surface area (Å²) in [4.78, 5) is 12.3. The highest BCUT2D eigenvalue weighted by Crippen LogP contribution is 2.28. The second-order valence-corrected chi connectivity index (χ2v) is 8.42. The molecule has 0 atom stereocenters. The molecule has 0 aliphatic rings. The lowest BCUT2D eigenvalue weighted by molar-refractivity contribution is -0.118. The van der Waals surface area contributed by atoms with Gasteiger partial charge in [-0.05, 0) is 43.7 Å². The Kier molecular flexibility index (Phi) is 6.95. The number of hydrazone groups is 1. The van der Waals surface area contributed by atoms with Crippen molar-refractivity contribution in [1.29, 1.82) is 0 Å². The molecule has 0 unspecified atom stereocenters. The number of halogens is 1. The number of hydrogen-bond acceptors (Lipinski definition) is 5. The maximum atomic E-state index is 13.0. The monoisotopic (exact) mass is 459 g/mol.